The first-order valence-electron chi connectivity index (χ1n) is 10.8. The molecule has 0 aliphatic heterocycles. The second kappa shape index (κ2) is 8.35. The predicted octanol–water partition coefficient (Wildman–Crippen LogP) is 4.64. The van der Waals surface area contributed by atoms with Crippen LogP contribution in [-0.2, 0) is 20.3 Å². The van der Waals surface area contributed by atoms with E-state index in [-0.39, 0.29) is 13.2 Å². The van der Waals surface area contributed by atoms with Gasteiger partial charge in [0, 0.05) is 10.8 Å². The number of hydrogen-bond acceptors (Lipinski definition) is 4. The molecule has 0 saturated heterocycles. The summed E-state index contributed by atoms with van der Waals surface area (Å²) in [7, 11) is 5.30. The standard InChI is InChI=1S/C28H26NO4/c1-29-14-24-19(10-9-18(15-30)25(24)16-31)22-11-20(17-7-5-4-6-8-17)21-12-26(32-2)27(33-3)13-23(21)28(22)29/h4-14,30-31H,15-16H2,1-3H3/q+1. The summed E-state index contributed by atoms with van der Waals surface area (Å²) < 4.78 is 13.3. The zero-order chi connectivity index (χ0) is 23.1. The summed E-state index contributed by atoms with van der Waals surface area (Å²) >= 11 is 0. The molecule has 0 unspecified atom stereocenters. The van der Waals surface area contributed by atoms with Gasteiger partial charge in [0.25, 0.3) is 0 Å². The zero-order valence-electron chi connectivity index (χ0n) is 18.9. The molecule has 1 aromatic heterocycles. The molecule has 5 nitrogen and oxygen atoms in total. The summed E-state index contributed by atoms with van der Waals surface area (Å²) in [4.78, 5) is 0. The number of aromatic nitrogens is 1. The van der Waals surface area contributed by atoms with Crippen LogP contribution in [0.4, 0.5) is 0 Å². The Morgan fingerprint density at radius 3 is 2.03 bits per heavy atom. The third-order valence-corrected chi connectivity index (χ3v) is 6.45. The zero-order valence-corrected chi connectivity index (χ0v) is 18.9. The summed E-state index contributed by atoms with van der Waals surface area (Å²) in [5, 5.41) is 25.0. The van der Waals surface area contributed by atoms with E-state index in [4.69, 9.17) is 9.47 Å². The number of hydrogen-bond donors (Lipinski definition) is 2. The molecule has 0 atom stereocenters. The molecule has 0 saturated carbocycles. The van der Waals surface area contributed by atoms with E-state index in [1.54, 1.807) is 14.2 Å². The van der Waals surface area contributed by atoms with Gasteiger partial charge in [0.2, 0.25) is 5.52 Å². The molecule has 0 fully saturated rings. The fourth-order valence-corrected chi connectivity index (χ4v) is 4.86. The van der Waals surface area contributed by atoms with Crippen LogP contribution in [0.2, 0.25) is 0 Å². The molecule has 0 amide bonds. The number of ether oxygens (including phenoxy) is 2. The van der Waals surface area contributed by atoms with Crippen LogP contribution in [0.3, 0.4) is 0 Å². The highest BCUT2D eigenvalue weighted by atomic mass is 16.5. The fraction of sp³-hybridized carbons (Fsp3) is 0.179. The Kier molecular flexibility index (Phi) is 5.36. The first-order chi connectivity index (χ1) is 16.1. The average molecular weight is 441 g/mol. The smallest absolute Gasteiger partial charge is 0.220 e. The highest BCUT2D eigenvalue weighted by Gasteiger charge is 2.22. The SMILES string of the molecule is COc1cc2c(-c3ccccc3)cc3c4ccc(CO)c(CO)c4c[n+](C)c3c2cc1OC. The number of nitrogens with zero attached hydrogens (tertiary/aromatic N) is 1. The van der Waals surface area contributed by atoms with Gasteiger partial charge in [0.05, 0.1) is 43.6 Å². The molecule has 0 radical (unpaired) electrons. The van der Waals surface area contributed by atoms with Gasteiger partial charge in [0.1, 0.15) is 7.05 Å². The lowest BCUT2D eigenvalue weighted by molar-refractivity contribution is -0.642. The van der Waals surface area contributed by atoms with Gasteiger partial charge in [-0.2, -0.15) is 4.57 Å². The van der Waals surface area contributed by atoms with Crippen molar-refractivity contribution in [1.82, 2.24) is 0 Å². The number of aryl methyl sites for hydroxylation is 1. The van der Waals surface area contributed by atoms with Crippen molar-refractivity contribution in [2.24, 2.45) is 7.05 Å². The van der Waals surface area contributed by atoms with E-state index in [1.807, 2.05) is 55.7 Å². The third kappa shape index (κ3) is 3.28. The minimum Gasteiger partial charge on any atom is -0.493 e. The van der Waals surface area contributed by atoms with Crippen molar-refractivity contribution in [3.8, 4) is 22.6 Å². The molecular formula is C28H26NO4+. The molecule has 0 spiro atoms. The van der Waals surface area contributed by atoms with E-state index < -0.39 is 0 Å². The van der Waals surface area contributed by atoms with Crippen molar-refractivity contribution in [2.75, 3.05) is 14.2 Å². The van der Waals surface area contributed by atoms with Crippen molar-refractivity contribution in [3.63, 3.8) is 0 Å². The molecule has 4 aromatic carbocycles. The van der Waals surface area contributed by atoms with E-state index in [1.165, 1.54) is 0 Å². The van der Waals surface area contributed by atoms with Gasteiger partial charge in [-0.05, 0) is 40.5 Å². The minimum atomic E-state index is -0.136. The topological polar surface area (TPSA) is 62.8 Å². The molecule has 0 aliphatic rings. The molecule has 33 heavy (non-hydrogen) atoms. The number of fused-ring (bicyclic) bond motifs is 5. The Hall–Kier alpha value is -3.67. The van der Waals surface area contributed by atoms with Crippen LogP contribution in [0, 0.1) is 0 Å². The second-order valence-electron chi connectivity index (χ2n) is 8.16. The van der Waals surface area contributed by atoms with E-state index in [2.05, 4.69) is 22.8 Å². The highest BCUT2D eigenvalue weighted by Crippen LogP contribution is 2.42. The van der Waals surface area contributed by atoms with Crippen molar-refractivity contribution in [2.45, 2.75) is 13.2 Å². The summed E-state index contributed by atoms with van der Waals surface area (Å²) in [6.45, 7) is -0.250. The van der Waals surface area contributed by atoms with Crippen molar-refractivity contribution >= 4 is 32.4 Å². The monoisotopic (exact) mass is 440 g/mol. The maximum Gasteiger partial charge on any atom is 0.220 e. The Balaban J connectivity index is 2.03. The van der Waals surface area contributed by atoms with Gasteiger partial charge >= 0.3 is 0 Å². The van der Waals surface area contributed by atoms with Crippen LogP contribution < -0.4 is 14.0 Å². The fourth-order valence-electron chi connectivity index (χ4n) is 4.86. The van der Waals surface area contributed by atoms with Crippen molar-refractivity contribution in [1.29, 1.82) is 0 Å². The lowest BCUT2D eigenvalue weighted by Gasteiger charge is -2.16. The van der Waals surface area contributed by atoms with Gasteiger partial charge in [-0.15, -0.1) is 0 Å². The molecule has 5 aromatic rings. The first-order valence-corrected chi connectivity index (χ1v) is 10.8. The van der Waals surface area contributed by atoms with E-state index in [0.717, 1.165) is 54.7 Å². The Labute approximate surface area is 192 Å². The summed E-state index contributed by atoms with van der Waals surface area (Å²) in [5.74, 6) is 1.35. The van der Waals surface area contributed by atoms with Gasteiger partial charge < -0.3 is 19.7 Å². The largest absolute Gasteiger partial charge is 0.493 e. The molecule has 0 bridgehead atoms. The Morgan fingerprint density at radius 1 is 0.727 bits per heavy atom. The summed E-state index contributed by atoms with van der Waals surface area (Å²) in [5.41, 5.74) is 4.73. The van der Waals surface area contributed by atoms with Gasteiger partial charge in [-0.3, -0.25) is 0 Å². The lowest BCUT2D eigenvalue weighted by Crippen LogP contribution is -2.29. The molecular weight excluding hydrogens is 414 g/mol. The average Bonchev–Trinajstić information content (AvgIpc) is 2.86. The number of rotatable bonds is 5. The van der Waals surface area contributed by atoms with E-state index in [9.17, 15) is 10.2 Å². The molecule has 166 valence electrons. The number of aliphatic hydroxyl groups excluding tert-OH is 2. The van der Waals surface area contributed by atoms with Crippen molar-refractivity contribution < 1.29 is 24.3 Å². The highest BCUT2D eigenvalue weighted by molar-refractivity contribution is 6.18. The predicted molar refractivity (Wildman–Crippen MR) is 131 cm³/mol. The molecule has 5 heteroatoms. The molecule has 1 heterocycles. The number of pyridine rings is 1. The second-order valence-corrected chi connectivity index (χ2v) is 8.16. The van der Waals surface area contributed by atoms with Crippen LogP contribution >= 0.6 is 0 Å². The van der Waals surface area contributed by atoms with Crippen LogP contribution in [0.15, 0.2) is 66.9 Å². The Bertz CT molecular complexity index is 1510. The van der Waals surface area contributed by atoms with E-state index >= 15 is 0 Å². The maximum absolute atomic E-state index is 10.1. The normalized spacial score (nSPS) is 11.4. The van der Waals surface area contributed by atoms with Gasteiger partial charge in [0.15, 0.2) is 17.7 Å². The maximum atomic E-state index is 10.1. The van der Waals surface area contributed by atoms with Crippen LogP contribution in [-0.4, -0.2) is 24.4 Å². The lowest BCUT2D eigenvalue weighted by atomic mass is 9.91. The first kappa shape index (κ1) is 21.2. The third-order valence-electron chi connectivity index (χ3n) is 6.45. The minimum absolute atomic E-state index is 0.114. The molecule has 2 N–H and O–H groups in total. The summed E-state index contributed by atoms with van der Waals surface area (Å²) in [6.07, 6.45) is 2.03. The van der Waals surface area contributed by atoms with Crippen LogP contribution in [0.5, 0.6) is 11.5 Å². The quantitative estimate of drug-likeness (QED) is 0.309. The summed E-state index contributed by atoms with van der Waals surface area (Å²) in [6, 6.07) is 20.5. The van der Waals surface area contributed by atoms with Crippen molar-refractivity contribution in [3.05, 3.63) is 78.0 Å². The molecule has 0 aliphatic carbocycles. The van der Waals surface area contributed by atoms with Gasteiger partial charge in [-0.1, -0.05) is 42.5 Å². The number of benzene rings is 4. The van der Waals surface area contributed by atoms with Crippen LogP contribution in [0.1, 0.15) is 11.1 Å². The number of methoxy groups -OCH3 is 2. The van der Waals surface area contributed by atoms with Crippen LogP contribution in [0.25, 0.3) is 43.6 Å². The van der Waals surface area contributed by atoms with E-state index in [0.29, 0.717) is 11.5 Å². The van der Waals surface area contributed by atoms with Gasteiger partial charge in [-0.25, -0.2) is 0 Å². The number of aliphatic hydroxyl groups is 2. The molecule has 5 rings (SSSR count). The Morgan fingerprint density at radius 2 is 1.39 bits per heavy atom.